The Morgan fingerprint density at radius 1 is 1.29 bits per heavy atom. The highest BCUT2D eigenvalue weighted by atomic mass is 35.5. The topological polar surface area (TPSA) is 64.8 Å². The van der Waals surface area contributed by atoms with Crippen molar-refractivity contribution in [1.29, 1.82) is 0 Å². The normalized spacial score (nSPS) is 11.7. The highest BCUT2D eigenvalue weighted by Gasteiger charge is 2.13. The molecule has 6 heteroatoms. The summed E-state index contributed by atoms with van der Waals surface area (Å²) in [6, 6.07) is 7.02. The molecular formula is C15H25ClN2O3. The molecule has 0 spiro atoms. The summed E-state index contributed by atoms with van der Waals surface area (Å²) in [5, 5.41) is 0. The van der Waals surface area contributed by atoms with Gasteiger partial charge in [0, 0.05) is 6.54 Å². The van der Waals surface area contributed by atoms with Crippen LogP contribution in [-0.2, 0) is 16.0 Å². The van der Waals surface area contributed by atoms with Gasteiger partial charge in [0.15, 0.2) is 0 Å². The zero-order valence-corrected chi connectivity index (χ0v) is 13.7. The van der Waals surface area contributed by atoms with Crippen LogP contribution in [0.15, 0.2) is 24.3 Å². The smallest absolute Gasteiger partial charge is 0.322 e. The quantitative estimate of drug-likeness (QED) is 0.581. The van der Waals surface area contributed by atoms with Crippen LogP contribution in [0.1, 0.15) is 12.0 Å². The molecule has 0 fully saturated rings. The van der Waals surface area contributed by atoms with Crippen molar-refractivity contribution in [3.63, 3.8) is 0 Å². The first-order valence-electron chi connectivity index (χ1n) is 6.73. The molecule has 1 aromatic carbocycles. The Kier molecular flexibility index (Phi) is 9.78. The number of ether oxygens (including phenoxy) is 2. The first kappa shape index (κ1) is 19.7. The Labute approximate surface area is 132 Å². The summed E-state index contributed by atoms with van der Waals surface area (Å²) in [6.07, 6.45) is 1.45. The van der Waals surface area contributed by atoms with Crippen LogP contribution in [0.3, 0.4) is 0 Å². The van der Waals surface area contributed by atoms with Crippen LogP contribution in [0.5, 0.6) is 5.75 Å². The van der Waals surface area contributed by atoms with Gasteiger partial charge in [-0.25, -0.2) is 0 Å². The molecule has 1 rings (SSSR count). The molecular weight excluding hydrogens is 292 g/mol. The molecule has 0 aliphatic carbocycles. The summed E-state index contributed by atoms with van der Waals surface area (Å²) in [6.45, 7) is 1.70. The van der Waals surface area contributed by atoms with Crippen LogP contribution in [0.4, 0.5) is 0 Å². The average Bonchev–Trinajstić information content (AvgIpc) is 2.44. The van der Waals surface area contributed by atoms with Crippen molar-refractivity contribution in [3.8, 4) is 5.75 Å². The number of nitrogens with two attached hydrogens (primary N) is 1. The second-order valence-electron chi connectivity index (χ2n) is 4.98. The molecule has 0 bridgehead atoms. The standard InChI is InChI=1S/C15H24N2O3.ClH/c1-17(2)9-4-10-20-13-7-5-12(6-8-13)11-14(16)15(18)19-3;/h5-8,14H,4,9-11,16H2,1-3H3;1H/t14-;/m0./s1. The molecule has 1 atom stereocenters. The maximum absolute atomic E-state index is 11.2. The molecule has 120 valence electrons. The van der Waals surface area contributed by atoms with Gasteiger partial charge >= 0.3 is 5.97 Å². The van der Waals surface area contributed by atoms with Crippen molar-refractivity contribution in [1.82, 2.24) is 4.90 Å². The number of esters is 1. The molecule has 0 saturated heterocycles. The molecule has 0 aromatic heterocycles. The first-order chi connectivity index (χ1) is 9.52. The predicted octanol–water partition coefficient (Wildman–Crippen LogP) is 1.48. The fourth-order valence-electron chi connectivity index (χ4n) is 1.78. The van der Waals surface area contributed by atoms with E-state index in [-0.39, 0.29) is 12.4 Å². The molecule has 0 unspecified atom stereocenters. The lowest BCUT2D eigenvalue weighted by Crippen LogP contribution is -2.33. The van der Waals surface area contributed by atoms with Crippen LogP contribution < -0.4 is 10.5 Å². The van der Waals surface area contributed by atoms with Crippen LogP contribution in [0.25, 0.3) is 0 Å². The number of carbonyl (C=O) groups is 1. The Balaban J connectivity index is 0.00000400. The monoisotopic (exact) mass is 316 g/mol. The summed E-state index contributed by atoms with van der Waals surface area (Å²) >= 11 is 0. The molecule has 0 aliphatic rings. The molecule has 0 saturated carbocycles. The van der Waals surface area contributed by atoms with E-state index in [1.807, 2.05) is 38.4 Å². The van der Waals surface area contributed by atoms with E-state index in [9.17, 15) is 4.79 Å². The second kappa shape index (κ2) is 10.4. The number of halogens is 1. The fraction of sp³-hybridized carbons (Fsp3) is 0.533. The van der Waals surface area contributed by atoms with Crippen LogP contribution in [-0.4, -0.2) is 51.3 Å². The van der Waals surface area contributed by atoms with Gasteiger partial charge in [-0.15, -0.1) is 12.4 Å². The van der Waals surface area contributed by atoms with E-state index in [2.05, 4.69) is 9.64 Å². The summed E-state index contributed by atoms with van der Waals surface area (Å²) in [4.78, 5) is 13.4. The Morgan fingerprint density at radius 3 is 2.43 bits per heavy atom. The van der Waals surface area contributed by atoms with Gasteiger partial charge in [0.05, 0.1) is 13.7 Å². The molecule has 2 N–H and O–H groups in total. The van der Waals surface area contributed by atoms with E-state index in [0.29, 0.717) is 13.0 Å². The number of methoxy groups -OCH3 is 1. The minimum atomic E-state index is -0.619. The van der Waals surface area contributed by atoms with Crippen LogP contribution in [0, 0.1) is 0 Å². The number of hydrogen-bond donors (Lipinski definition) is 1. The summed E-state index contributed by atoms with van der Waals surface area (Å²) in [5.74, 6) is 0.438. The average molecular weight is 317 g/mol. The van der Waals surface area contributed by atoms with Gasteiger partial charge < -0.3 is 20.1 Å². The van der Waals surface area contributed by atoms with Gasteiger partial charge in [0.25, 0.3) is 0 Å². The van der Waals surface area contributed by atoms with Gasteiger partial charge in [-0.1, -0.05) is 12.1 Å². The van der Waals surface area contributed by atoms with E-state index in [0.717, 1.165) is 24.3 Å². The lowest BCUT2D eigenvalue weighted by atomic mass is 10.1. The van der Waals surface area contributed by atoms with Crippen LogP contribution in [0.2, 0.25) is 0 Å². The zero-order chi connectivity index (χ0) is 15.0. The summed E-state index contributed by atoms with van der Waals surface area (Å²) in [7, 11) is 5.42. The van der Waals surface area contributed by atoms with Crippen molar-refractivity contribution >= 4 is 18.4 Å². The number of benzene rings is 1. The molecule has 0 aliphatic heterocycles. The van der Waals surface area contributed by atoms with Gasteiger partial charge in [-0.05, 0) is 44.6 Å². The number of hydrogen-bond acceptors (Lipinski definition) is 5. The number of rotatable bonds is 8. The van der Waals surface area contributed by atoms with Crippen molar-refractivity contribution in [2.45, 2.75) is 18.9 Å². The van der Waals surface area contributed by atoms with Crippen molar-refractivity contribution in [2.24, 2.45) is 5.73 Å². The molecule has 0 radical (unpaired) electrons. The molecule has 21 heavy (non-hydrogen) atoms. The third-order valence-electron chi connectivity index (χ3n) is 2.90. The summed E-state index contributed by atoms with van der Waals surface area (Å²) in [5.41, 5.74) is 6.70. The van der Waals surface area contributed by atoms with Gasteiger partial charge in [0.2, 0.25) is 0 Å². The molecule has 5 nitrogen and oxygen atoms in total. The maximum Gasteiger partial charge on any atom is 0.322 e. The third kappa shape index (κ3) is 7.90. The highest BCUT2D eigenvalue weighted by molar-refractivity contribution is 5.85. The van der Waals surface area contributed by atoms with Crippen molar-refractivity contribution in [2.75, 3.05) is 34.4 Å². The predicted molar refractivity (Wildman–Crippen MR) is 86.1 cm³/mol. The second-order valence-corrected chi connectivity index (χ2v) is 4.98. The number of nitrogens with zero attached hydrogens (tertiary/aromatic N) is 1. The minimum Gasteiger partial charge on any atom is -0.494 e. The van der Waals surface area contributed by atoms with E-state index in [1.165, 1.54) is 7.11 Å². The van der Waals surface area contributed by atoms with E-state index >= 15 is 0 Å². The Hall–Kier alpha value is -1.30. The molecule has 0 heterocycles. The Bertz CT molecular complexity index is 410. The first-order valence-corrected chi connectivity index (χ1v) is 6.73. The third-order valence-corrected chi connectivity index (χ3v) is 2.90. The van der Waals surface area contributed by atoms with Crippen molar-refractivity contribution in [3.05, 3.63) is 29.8 Å². The van der Waals surface area contributed by atoms with E-state index in [1.54, 1.807) is 0 Å². The maximum atomic E-state index is 11.2. The summed E-state index contributed by atoms with van der Waals surface area (Å²) < 4.78 is 10.2. The van der Waals surface area contributed by atoms with Gasteiger partial charge in [-0.2, -0.15) is 0 Å². The lowest BCUT2D eigenvalue weighted by Gasteiger charge is -2.11. The van der Waals surface area contributed by atoms with Crippen molar-refractivity contribution < 1.29 is 14.3 Å². The van der Waals surface area contributed by atoms with Gasteiger partial charge in [-0.3, -0.25) is 4.79 Å². The van der Waals surface area contributed by atoms with Gasteiger partial charge in [0.1, 0.15) is 11.8 Å². The lowest BCUT2D eigenvalue weighted by molar-refractivity contribution is -0.142. The highest BCUT2D eigenvalue weighted by Crippen LogP contribution is 2.13. The van der Waals surface area contributed by atoms with E-state index < -0.39 is 12.0 Å². The van der Waals surface area contributed by atoms with E-state index in [4.69, 9.17) is 10.5 Å². The Morgan fingerprint density at radius 2 is 1.90 bits per heavy atom. The van der Waals surface area contributed by atoms with Crippen LogP contribution >= 0.6 is 12.4 Å². The number of carbonyl (C=O) groups excluding carboxylic acids is 1. The minimum absolute atomic E-state index is 0. The SMILES string of the molecule is COC(=O)[C@@H](N)Cc1ccc(OCCCN(C)C)cc1.Cl. The molecule has 1 aromatic rings. The molecule has 0 amide bonds. The fourth-order valence-corrected chi connectivity index (χ4v) is 1.78. The largest absolute Gasteiger partial charge is 0.494 e. The zero-order valence-electron chi connectivity index (χ0n) is 12.9.